The zero-order valence-corrected chi connectivity index (χ0v) is 17.0. The highest BCUT2D eigenvalue weighted by atomic mass is 32.1. The van der Waals surface area contributed by atoms with Crippen LogP contribution < -0.4 is 4.90 Å². The van der Waals surface area contributed by atoms with Crippen molar-refractivity contribution in [1.29, 1.82) is 0 Å². The summed E-state index contributed by atoms with van der Waals surface area (Å²) in [6.07, 6.45) is 2.99. The molecule has 0 spiro atoms. The molecule has 4 rings (SSSR count). The van der Waals surface area contributed by atoms with Crippen LogP contribution in [0.3, 0.4) is 0 Å². The van der Waals surface area contributed by atoms with Crippen molar-refractivity contribution in [2.45, 2.75) is 32.2 Å². The van der Waals surface area contributed by atoms with Crippen molar-refractivity contribution in [3.63, 3.8) is 0 Å². The zero-order chi connectivity index (χ0) is 18.8. The molecule has 2 aromatic rings. The van der Waals surface area contributed by atoms with E-state index in [1.165, 1.54) is 10.3 Å². The van der Waals surface area contributed by atoms with Crippen molar-refractivity contribution in [2.24, 2.45) is 0 Å². The summed E-state index contributed by atoms with van der Waals surface area (Å²) in [5, 5.41) is 1.12. The number of carbonyl (C=O) groups is 1. The quantitative estimate of drug-likeness (QED) is 0.810. The van der Waals surface area contributed by atoms with Gasteiger partial charge in [0.15, 0.2) is 5.13 Å². The molecular weight excluding hydrogens is 360 g/mol. The van der Waals surface area contributed by atoms with E-state index in [1.54, 1.807) is 11.3 Å². The fraction of sp³-hybridized carbons (Fsp3) is 0.600. The maximum atomic E-state index is 12.7. The molecule has 2 aliphatic heterocycles. The highest BCUT2D eigenvalue weighted by Gasteiger charge is 2.29. The highest BCUT2D eigenvalue weighted by Crippen LogP contribution is 2.33. The molecule has 27 heavy (non-hydrogen) atoms. The van der Waals surface area contributed by atoms with Gasteiger partial charge in [0.2, 0.25) is 0 Å². The van der Waals surface area contributed by atoms with Crippen molar-refractivity contribution < 1.29 is 9.53 Å². The number of urea groups is 1. The second-order valence-electron chi connectivity index (χ2n) is 7.32. The number of rotatable bonds is 3. The van der Waals surface area contributed by atoms with E-state index in [0.29, 0.717) is 32.3 Å². The number of piperidine rings is 1. The van der Waals surface area contributed by atoms with Crippen LogP contribution in [0.1, 0.15) is 25.3 Å². The van der Waals surface area contributed by atoms with Gasteiger partial charge in [-0.25, -0.2) is 9.78 Å². The summed E-state index contributed by atoms with van der Waals surface area (Å²) in [6.45, 7) is 6.78. The number of fused-ring (bicyclic) bond motifs is 1. The number of carbonyl (C=O) groups excluding carboxylic acids is 1. The minimum atomic E-state index is 0.143. The maximum Gasteiger partial charge on any atom is 0.320 e. The molecule has 0 radical (unpaired) electrons. The first-order valence-corrected chi connectivity index (χ1v) is 10.7. The lowest BCUT2D eigenvalue weighted by Gasteiger charge is -2.39. The van der Waals surface area contributed by atoms with Crippen molar-refractivity contribution >= 4 is 32.7 Å². The number of ether oxygens (including phenoxy) is 1. The van der Waals surface area contributed by atoms with Crippen LogP contribution >= 0.6 is 11.3 Å². The number of para-hydroxylation sites is 1. The Morgan fingerprint density at radius 1 is 1.26 bits per heavy atom. The van der Waals surface area contributed by atoms with E-state index < -0.39 is 0 Å². The molecule has 2 saturated heterocycles. The molecular formula is C20H28N4O2S. The second kappa shape index (κ2) is 8.02. The van der Waals surface area contributed by atoms with Crippen LogP contribution in [-0.4, -0.2) is 73.3 Å². The van der Waals surface area contributed by atoms with Crippen LogP contribution in [0.2, 0.25) is 0 Å². The fourth-order valence-corrected chi connectivity index (χ4v) is 5.06. The van der Waals surface area contributed by atoms with Gasteiger partial charge in [-0.1, -0.05) is 30.4 Å². The number of aromatic nitrogens is 1. The number of benzene rings is 1. The third kappa shape index (κ3) is 3.75. The summed E-state index contributed by atoms with van der Waals surface area (Å²) >= 11 is 1.78. The molecule has 2 fully saturated rings. The third-order valence-corrected chi connectivity index (χ3v) is 6.82. The van der Waals surface area contributed by atoms with E-state index in [1.807, 2.05) is 16.8 Å². The number of hydrogen-bond donors (Lipinski definition) is 0. The van der Waals surface area contributed by atoms with Crippen LogP contribution in [0.4, 0.5) is 9.93 Å². The summed E-state index contributed by atoms with van der Waals surface area (Å²) in [5.41, 5.74) is 2.47. The summed E-state index contributed by atoms with van der Waals surface area (Å²) in [5.74, 6) is 0. The lowest BCUT2D eigenvalue weighted by molar-refractivity contribution is 0.0409. The zero-order valence-electron chi connectivity index (χ0n) is 16.2. The van der Waals surface area contributed by atoms with E-state index in [2.05, 4.69) is 30.0 Å². The van der Waals surface area contributed by atoms with Gasteiger partial charge in [-0.05, 0) is 30.9 Å². The van der Waals surface area contributed by atoms with Gasteiger partial charge >= 0.3 is 6.03 Å². The minimum absolute atomic E-state index is 0.143. The number of amides is 2. The lowest BCUT2D eigenvalue weighted by atomic mass is 10.0. The van der Waals surface area contributed by atoms with Crippen LogP contribution in [0.15, 0.2) is 18.2 Å². The predicted molar refractivity (Wildman–Crippen MR) is 110 cm³/mol. The Balaban J connectivity index is 1.39. The van der Waals surface area contributed by atoms with Gasteiger partial charge in [0.05, 0.1) is 23.4 Å². The first-order valence-electron chi connectivity index (χ1n) is 9.90. The number of morpholine rings is 1. The molecule has 0 atom stereocenters. The average Bonchev–Trinajstić information content (AvgIpc) is 3.18. The van der Waals surface area contributed by atoms with Gasteiger partial charge in [-0.2, -0.15) is 0 Å². The molecule has 1 aromatic heterocycles. The van der Waals surface area contributed by atoms with E-state index >= 15 is 0 Å². The summed E-state index contributed by atoms with van der Waals surface area (Å²) < 4.78 is 6.62. The molecule has 2 amide bonds. The third-order valence-electron chi connectivity index (χ3n) is 5.74. The van der Waals surface area contributed by atoms with E-state index in [0.717, 1.165) is 43.0 Å². The molecule has 0 bridgehead atoms. The molecule has 0 unspecified atom stereocenters. The number of nitrogens with zero attached hydrogens (tertiary/aromatic N) is 4. The summed E-state index contributed by atoms with van der Waals surface area (Å²) in [7, 11) is 1.95. The van der Waals surface area contributed by atoms with Crippen LogP contribution in [0, 0.1) is 0 Å². The Hall–Kier alpha value is -1.86. The molecule has 0 saturated carbocycles. The molecule has 3 heterocycles. The Kier molecular flexibility index (Phi) is 5.50. The standard InChI is InChI=1S/C20H28N4O2S/c1-3-15-5-4-6-17-18(15)21-19(27-17)23-9-7-16(8-10-23)22(2)20(25)24-11-13-26-14-12-24/h4-6,16H,3,7-14H2,1-2H3. The first-order chi connectivity index (χ1) is 13.2. The molecule has 6 nitrogen and oxygen atoms in total. The number of thiazole rings is 1. The van der Waals surface area contributed by atoms with Crippen molar-refractivity contribution in [2.75, 3.05) is 51.3 Å². The molecule has 146 valence electrons. The fourth-order valence-electron chi connectivity index (χ4n) is 3.99. The van der Waals surface area contributed by atoms with E-state index in [9.17, 15) is 4.79 Å². The van der Waals surface area contributed by atoms with E-state index in [4.69, 9.17) is 9.72 Å². The Bertz CT molecular complexity index is 794. The van der Waals surface area contributed by atoms with Gasteiger partial charge in [0.25, 0.3) is 0 Å². The predicted octanol–water partition coefficient (Wildman–Crippen LogP) is 3.21. The van der Waals surface area contributed by atoms with Crippen molar-refractivity contribution in [3.05, 3.63) is 23.8 Å². The van der Waals surface area contributed by atoms with E-state index in [-0.39, 0.29) is 6.03 Å². The molecule has 0 aliphatic carbocycles. The first kappa shape index (κ1) is 18.5. The monoisotopic (exact) mass is 388 g/mol. The molecule has 0 N–H and O–H groups in total. The minimum Gasteiger partial charge on any atom is -0.378 e. The number of anilines is 1. The van der Waals surface area contributed by atoms with Gasteiger partial charge in [-0.15, -0.1) is 0 Å². The van der Waals surface area contributed by atoms with Crippen LogP contribution in [0.25, 0.3) is 10.2 Å². The largest absolute Gasteiger partial charge is 0.378 e. The van der Waals surface area contributed by atoms with Gasteiger partial charge in [0, 0.05) is 39.3 Å². The topological polar surface area (TPSA) is 48.9 Å². The number of aryl methyl sites for hydroxylation is 1. The SMILES string of the molecule is CCc1cccc2sc(N3CCC(N(C)C(=O)N4CCOCC4)CC3)nc12. The van der Waals surface area contributed by atoms with Crippen LogP contribution in [0.5, 0.6) is 0 Å². The summed E-state index contributed by atoms with van der Waals surface area (Å²) in [6, 6.07) is 6.91. The highest BCUT2D eigenvalue weighted by molar-refractivity contribution is 7.22. The maximum absolute atomic E-state index is 12.7. The van der Waals surface area contributed by atoms with Gasteiger partial charge in [0.1, 0.15) is 0 Å². The average molecular weight is 389 g/mol. The van der Waals surface area contributed by atoms with Crippen molar-refractivity contribution in [1.82, 2.24) is 14.8 Å². The normalized spacial score (nSPS) is 18.9. The smallest absolute Gasteiger partial charge is 0.320 e. The Morgan fingerprint density at radius 3 is 2.70 bits per heavy atom. The lowest BCUT2D eigenvalue weighted by Crippen LogP contribution is -2.52. The molecule has 2 aliphatic rings. The molecule has 1 aromatic carbocycles. The van der Waals surface area contributed by atoms with Gasteiger partial charge in [-0.3, -0.25) is 0 Å². The number of hydrogen-bond acceptors (Lipinski definition) is 5. The van der Waals surface area contributed by atoms with Gasteiger partial charge < -0.3 is 19.4 Å². The summed E-state index contributed by atoms with van der Waals surface area (Å²) in [4.78, 5) is 23.9. The van der Waals surface area contributed by atoms with Crippen molar-refractivity contribution in [3.8, 4) is 0 Å². The van der Waals surface area contributed by atoms with Crippen LogP contribution in [-0.2, 0) is 11.2 Å². The Morgan fingerprint density at radius 2 is 2.00 bits per heavy atom. The Labute approximate surface area is 164 Å². The molecule has 7 heteroatoms. The second-order valence-corrected chi connectivity index (χ2v) is 8.33.